The van der Waals surface area contributed by atoms with Crippen molar-refractivity contribution in [2.24, 2.45) is 5.92 Å². The Morgan fingerprint density at radius 3 is 2.91 bits per heavy atom. The molecular weight excluding hydrogens is 283 g/mol. The smallest absolute Gasteiger partial charge is 0.223 e. The molecule has 0 bridgehead atoms. The van der Waals surface area contributed by atoms with E-state index in [1.54, 1.807) is 18.2 Å². The molecule has 1 aromatic carbocycles. The molecule has 2 unspecified atom stereocenters. The summed E-state index contributed by atoms with van der Waals surface area (Å²) >= 11 is 0. The monoisotopic (exact) mass is 304 g/mol. The van der Waals surface area contributed by atoms with Gasteiger partial charge in [0.1, 0.15) is 5.82 Å². The van der Waals surface area contributed by atoms with Crippen molar-refractivity contribution in [1.29, 1.82) is 0 Å². The van der Waals surface area contributed by atoms with Crippen LogP contribution in [-0.2, 0) is 9.59 Å². The van der Waals surface area contributed by atoms with Crippen LogP contribution in [-0.4, -0.2) is 36.3 Å². The van der Waals surface area contributed by atoms with E-state index >= 15 is 0 Å². The van der Waals surface area contributed by atoms with Crippen molar-refractivity contribution in [2.75, 3.05) is 19.6 Å². The number of hydrogen-bond donors (Lipinski definition) is 1. The van der Waals surface area contributed by atoms with Crippen LogP contribution in [0.5, 0.6) is 0 Å². The summed E-state index contributed by atoms with van der Waals surface area (Å²) in [6.45, 7) is 2.12. The van der Waals surface area contributed by atoms with E-state index in [-0.39, 0.29) is 29.5 Å². The van der Waals surface area contributed by atoms with Crippen LogP contribution in [0.2, 0.25) is 0 Å². The number of benzene rings is 1. The fourth-order valence-corrected chi connectivity index (χ4v) is 3.16. The van der Waals surface area contributed by atoms with Gasteiger partial charge in [-0.05, 0) is 36.8 Å². The minimum Gasteiger partial charge on any atom is -0.356 e. The highest BCUT2D eigenvalue weighted by Crippen LogP contribution is 2.48. The second kappa shape index (κ2) is 6.46. The van der Waals surface area contributed by atoms with Gasteiger partial charge in [0, 0.05) is 32.0 Å². The first-order valence-electron chi connectivity index (χ1n) is 7.96. The van der Waals surface area contributed by atoms with Crippen molar-refractivity contribution in [3.63, 3.8) is 0 Å². The number of hydrogen-bond acceptors (Lipinski definition) is 2. The van der Waals surface area contributed by atoms with Crippen LogP contribution in [0.25, 0.3) is 0 Å². The number of likely N-dealkylation sites (tertiary alicyclic amines) is 1. The van der Waals surface area contributed by atoms with Gasteiger partial charge in [-0.2, -0.15) is 0 Å². The summed E-state index contributed by atoms with van der Waals surface area (Å²) < 4.78 is 13.7. The molecule has 2 atom stereocenters. The third-order valence-corrected chi connectivity index (χ3v) is 4.51. The number of carbonyl (C=O) groups excluding carboxylic acids is 2. The Kier molecular flexibility index (Phi) is 4.41. The maximum atomic E-state index is 13.7. The van der Waals surface area contributed by atoms with Crippen LogP contribution in [0.4, 0.5) is 4.39 Å². The lowest BCUT2D eigenvalue weighted by molar-refractivity contribution is -0.127. The van der Waals surface area contributed by atoms with Gasteiger partial charge in [-0.15, -0.1) is 0 Å². The van der Waals surface area contributed by atoms with Gasteiger partial charge in [-0.25, -0.2) is 4.39 Å². The average Bonchev–Trinajstić information content (AvgIpc) is 3.20. The molecule has 0 spiro atoms. The van der Waals surface area contributed by atoms with Crippen molar-refractivity contribution < 1.29 is 14.0 Å². The van der Waals surface area contributed by atoms with E-state index in [4.69, 9.17) is 0 Å². The lowest BCUT2D eigenvalue weighted by Crippen LogP contribution is -2.31. The summed E-state index contributed by atoms with van der Waals surface area (Å²) in [5, 5.41) is 2.90. The Balaban J connectivity index is 1.39. The van der Waals surface area contributed by atoms with Crippen molar-refractivity contribution in [2.45, 2.75) is 31.6 Å². The Morgan fingerprint density at radius 2 is 2.18 bits per heavy atom. The van der Waals surface area contributed by atoms with Gasteiger partial charge in [-0.1, -0.05) is 18.2 Å². The predicted molar refractivity (Wildman–Crippen MR) is 80.7 cm³/mol. The van der Waals surface area contributed by atoms with Crippen LogP contribution in [0.3, 0.4) is 0 Å². The second-order valence-corrected chi connectivity index (χ2v) is 6.10. The minimum absolute atomic E-state index is 0.000927. The molecule has 1 aliphatic heterocycles. The molecule has 1 saturated heterocycles. The normalized spacial score (nSPS) is 23.7. The number of rotatable bonds is 6. The second-order valence-electron chi connectivity index (χ2n) is 6.10. The van der Waals surface area contributed by atoms with E-state index in [0.29, 0.717) is 25.1 Å². The van der Waals surface area contributed by atoms with Gasteiger partial charge in [-0.3, -0.25) is 9.59 Å². The predicted octanol–water partition coefficient (Wildman–Crippen LogP) is 2.06. The molecule has 1 N–H and O–H groups in total. The molecule has 1 aliphatic carbocycles. The maximum Gasteiger partial charge on any atom is 0.223 e. The van der Waals surface area contributed by atoms with Gasteiger partial charge >= 0.3 is 0 Å². The molecule has 118 valence electrons. The van der Waals surface area contributed by atoms with E-state index in [1.807, 2.05) is 4.90 Å². The average molecular weight is 304 g/mol. The molecule has 2 amide bonds. The van der Waals surface area contributed by atoms with Crippen molar-refractivity contribution in [1.82, 2.24) is 10.2 Å². The van der Waals surface area contributed by atoms with Crippen LogP contribution >= 0.6 is 0 Å². The molecule has 5 heteroatoms. The lowest BCUT2D eigenvalue weighted by atomic mass is 10.1. The molecule has 0 aromatic heterocycles. The first-order valence-corrected chi connectivity index (χ1v) is 7.96. The van der Waals surface area contributed by atoms with Gasteiger partial charge in [0.05, 0.1) is 0 Å². The van der Waals surface area contributed by atoms with Crippen LogP contribution < -0.4 is 5.32 Å². The zero-order valence-electron chi connectivity index (χ0n) is 12.6. The molecule has 0 radical (unpaired) electrons. The van der Waals surface area contributed by atoms with E-state index in [2.05, 4.69) is 5.32 Å². The number of nitrogens with zero attached hydrogens (tertiary/aromatic N) is 1. The molecule has 4 nitrogen and oxygen atoms in total. The molecular formula is C17H21FN2O2. The number of nitrogens with one attached hydrogen (secondary N) is 1. The minimum atomic E-state index is -0.227. The zero-order chi connectivity index (χ0) is 15.5. The summed E-state index contributed by atoms with van der Waals surface area (Å²) in [5.74, 6) is -0.101. The number of amides is 2. The van der Waals surface area contributed by atoms with Crippen molar-refractivity contribution >= 4 is 11.8 Å². The fourth-order valence-electron chi connectivity index (χ4n) is 3.16. The topological polar surface area (TPSA) is 49.4 Å². The summed E-state index contributed by atoms with van der Waals surface area (Å²) in [5.41, 5.74) is 0.644. The van der Waals surface area contributed by atoms with Gasteiger partial charge < -0.3 is 10.2 Å². The molecule has 22 heavy (non-hydrogen) atoms. The third-order valence-electron chi connectivity index (χ3n) is 4.51. The summed E-state index contributed by atoms with van der Waals surface area (Å²) in [7, 11) is 0. The first-order chi connectivity index (χ1) is 10.7. The number of halogens is 1. The van der Waals surface area contributed by atoms with E-state index in [1.165, 1.54) is 6.07 Å². The summed E-state index contributed by atoms with van der Waals surface area (Å²) in [4.78, 5) is 25.4. The largest absolute Gasteiger partial charge is 0.356 e. The molecule has 1 heterocycles. The van der Waals surface area contributed by atoms with Crippen molar-refractivity contribution in [3.05, 3.63) is 35.6 Å². The lowest BCUT2D eigenvalue weighted by Gasteiger charge is -2.15. The first kappa shape index (κ1) is 15.0. The highest BCUT2D eigenvalue weighted by molar-refractivity contribution is 5.82. The highest BCUT2D eigenvalue weighted by atomic mass is 19.1. The Hall–Kier alpha value is -1.91. The van der Waals surface area contributed by atoms with E-state index in [9.17, 15) is 14.0 Å². The Morgan fingerprint density at radius 1 is 1.36 bits per heavy atom. The van der Waals surface area contributed by atoms with Crippen LogP contribution in [0.1, 0.15) is 37.2 Å². The van der Waals surface area contributed by atoms with Gasteiger partial charge in [0.2, 0.25) is 11.8 Å². The Bertz CT molecular complexity index is 576. The SMILES string of the molecule is O=C(NCCCN1CCCC1=O)C1CC1c1ccccc1F. The highest BCUT2D eigenvalue weighted by Gasteiger charge is 2.44. The van der Waals surface area contributed by atoms with Crippen molar-refractivity contribution in [3.8, 4) is 0 Å². The number of carbonyl (C=O) groups is 2. The van der Waals surface area contributed by atoms with Crippen LogP contribution in [0, 0.1) is 11.7 Å². The van der Waals surface area contributed by atoms with Gasteiger partial charge in [0.15, 0.2) is 0 Å². The Labute approximate surface area is 129 Å². The molecule has 1 saturated carbocycles. The maximum absolute atomic E-state index is 13.7. The summed E-state index contributed by atoms with van der Waals surface area (Å²) in [6, 6.07) is 6.66. The molecule has 2 fully saturated rings. The fraction of sp³-hybridized carbons (Fsp3) is 0.529. The zero-order valence-corrected chi connectivity index (χ0v) is 12.6. The molecule has 2 aliphatic rings. The van der Waals surface area contributed by atoms with Gasteiger partial charge in [0.25, 0.3) is 0 Å². The van der Waals surface area contributed by atoms with Crippen LogP contribution in [0.15, 0.2) is 24.3 Å². The van der Waals surface area contributed by atoms with E-state index < -0.39 is 0 Å². The molecule has 1 aromatic rings. The van der Waals surface area contributed by atoms with E-state index in [0.717, 1.165) is 25.8 Å². The third kappa shape index (κ3) is 3.29. The standard InChI is InChI=1S/C17H21FN2O2/c18-15-6-2-1-5-12(15)13-11-14(13)17(22)19-8-4-10-20-9-3-7-16(20)21/h1-2,5-6,13-14H,3-4,7-11H2,(H,19,22). The molecule has 3 rings (SSSR count). The summed E-state index contributed by atoms with van der Waals surface area (Å²) in [6.07, 6.45) is 3.09. The quantitative estimate of drug-likeness (QED) is 0.818.